The van der Waals surface area contributed by atoms with Gasteiger partial charge in [-0.1, -0.05) is 6.07 Å². The highest BCUT2D eigenvalue weighted by Crippen LogP contribution is 2.28. The monoisotopic (exact) mass is 261 g/mol. The highest BCUT2D eigenvalue weighted by atomic mass is 32.2. The molecule has 1 aromatic carbocycles. The summed E-state index contributed by atoms with van der Waals surface area (Å²) in [6.45, 7) is 0.513. The summed E-state index contributed by atoms with van der Waals surface area (Å²) in [5.74, 6) is -1.41. The molecule has 0 fully saturated rings. The smallest absolute Gasteiger partial charge is 0.182 e. The normalized spacial score (nSPS) is 11.7. The number of phenols is 1. The van der Waals surface area contributed by atoms with Gasteiger partial charge < -0.3 is 10.8 Å². The summed E-state index contributed by atoms with van der Waals surface area (Å²) in [5, 5.41) is 9.38. The molecular formula is C11H16FNO3S. The first kappa shape index (κ1) is 13.9. The summed E-state index contributed by atoms with van der Waals surface area (Å²) in [5.41, 5.74) is 5.61. The molecule has 0 aliphatic rings. The van der Waals surface area contributed by atoms with Gasteiger partial charge in [0.15, 0.2) is 9.84 Å². The van der Waals surface area contributed by atoms with Crippen LogP contribution in [0, 0.1) is 5.82 Å². The van der Waals surface area contributed by atoms with E-state index in [0.29, 0.717) is 19.4 Å². The minimum Gasteiger partial charge on any atom is -0.506 e. The highest BCUT2D eigenvalue weighted by molar-refractivity contribution is 7.90. The van der Waals surface area contributed by atoms with Crippen LogP contribution in [0.25, 0.3) is 0 Å². The third-order valence-electron chi connectivity index (χ3n) is 2.43. The molecular weight excluding hydrogens is 245 g/mol. The van der Waals surface area contributed by atoms with E-state index in [2.05, 4.69) is 0 Å². The molecule has 0 saturated carbocycles. The summed E-state index contributed by atoms with van der Waals surface area (Å²) in [7, 11) is -3.77. The lowest BCUT2D eigenvalue weighted by Crippen LogP contribution is -2.05. The third kappa shape index (κ3) is 3.41. The van der Waals surface area contributed by atoms with Gasteiger partial charge in [0, 0.05) is 6.26 Å². The van der Waals surface area contributed by atoms with Gasteiger partial charge in [-0.15, -0.1) is 0 Å². The molecule has 4 nitrogen and oxygen atoms in total. The summed E-state index contributed by atoms with van der Waals surface area (Å²) in [4.78, 5) is -0.622. The molecule has 96 valence electrons. The molecule has 0 aromatic heterocycles. The molecule has 0 heterocycles. The second-order valence-electron chi connectivity index (χ2n) is 3.90. The zero-order valence-electron chi connectivity index (χ0n) is 9.61. The van der Waals surface area contributed by atoms with E-state index in [9.17, 15) is 17.9 Å². The Bertz CT molecular complexity index is 500. The molecule has 0 spiro atoms. The van der Waals surface area contributed by atoms with Crippen LogP contribution in [0.1, 0.15) is 18.4 Å². The summed E-state index contributed by atoms with van der Waals surface area (Å²) < 4.78 is 36.6. The van der Waals surface area contributed by atoms with Gasteiger partial charge in [-0.3, -0.25) is 0 Å². The average Bonchev–Trinajstić information content (AvgIpc) is 2.19. The topological polar surface area (TPSA) is 80.4 Å². The van der Waals surface area contributed by atoms with Crippen LogP contribution in [0.3, 0.4) is 0 Å². The number of hydrogen-bond donors (Lipinski definition) is 2. The molecule has 0 aliphatic heterocycles. The van der Waals surface area contributed by atoms with E-state index < -0.39 is 26.3 Å². The van der Waals surface area contributed by atoms with E-state index in [4.69, 9.17) is 5.73 Å². The van der Waals surface area contributed by atoms with E-state index in [1.54, 1.807) is 0 Å². The third-order valence-corrected chi connectivity index (χ3v) is 3.56. The van der Waals surface area contributed by atoms with Crippen LogP contribution in [0.4, 0.5) is 4.39 Å². The zero-order valence-corrected chi connectivity index (χ0v) is 10.4. The quantitative estimate of drug-likeness (QED) is 0.781. The van der Waals surface area contributed by atoms with Crippen LogP contribution in [-0.4, -0.2) is 26.3 Å². The lowest BCUT2D eigenvalue weighted by Gasteiger charge is -2.08. The van der Waals surface area contributed by atoms with E-state index in [1.165, 1.54) is 12.1 Å². The van der Waals surface area contributed by atoms with E-state index in [0.717, 1.165) is 12.7 Å². The van der Waals surface area contributed by atoms with Crippen molar-refractivity contribution < 1.29 is 17.9 Å². The van der Waals surface area contributed by atoms with Crippen molar-refractivity contribution in [2.45, 2.75) is 24.2 Å². The Morgan fingerprint density at radius 2 is 2.00 bits per heavy atom. The number of hydrogen-bond acceptors (Lipinski definition) is 4. The van der Waals surface area contributed by atoms with Crippen LogP contribution in [0.2, 0.25) is 0 Å². The molecule has 17 heavy (non-hydrogen) atoms. The second kappa shape index (κ2) is 5.46. The molecule has 0 unspecified atom stereocenters. The molecule has 0 saturated heterocycles. The number of aryl methyl sites for hydroxylation is 1. The van der Waals surface area contributed by atoms with E-state index in [1.807, 2.05) is 0 Å². The van der Waals surface area contributed by atoms with Crippen molar-refractivity contribution in [1.82, 2.24) is 0 Å². The molecule has 0 aliphatic carbocycles. The van der Waals surface area contributed by atoms with Crippen LogP contribution in [-0.2, 0) is 16.3 Å². The van der Waals surface area contributed by atoms with Gasteiger partial charge in [-0.05, 0) is 37.4 Å². The zero-order chi connectivity index (χ0) is 13.1. The number of benzene rings is 1. The van der Waals surface area contributed by atoms with E-state index >= 15 is 0 Å². The van der Waals surface area contributed by atoms with Crippen molar-refractivity contribution in [3.05, 3.63) is 23.5 Å². The Balaban J connectivity index is 3.11. The number of nitrogens with two attached hydrogens (primary N) is 1. The van der Waals surface area contributed by atoms with Gasteiger partial charge in [0.05, 0.1) is 0 Å². The Hall–Kier alpha value is -1.14. The van der Waals surface area contributed by atoms with Crippen molar-refractivity contribution in [2.75, 3.05) is 12.8 Å². The summed E-state index contributed by atoms with van der Waals surface area (Å²) >= 11 is 0. The molecule has 6 heteroatoms. The van der Waals surface area contributed by atoms with Crippen molar-refractivity contribution in [1.29, 1.82) is 0 Å². The first-order valence-electron chi connectivity index (χ1n) is 5.28. The molecule has 1 rings (SSSR count). The minimum absolute atomic E-state index is 0.289. The largest absolute Gasteiger partial charge is 0.506 e. The fourth-order valence-corrected chi connectivity index (χ4v) is 2.50. The Morgan fingerprint density at radius 1 is 1.35 bits per heavy atom. The van der Waals surface area contributed by atoms with Crippen molar-refractivity contribution >= 4 is 9.84 Å². The van der Waals surface area contributed by atoms with Crippen molar-refractivity contribution in [3.8, 4) is 5.75 Å². The standard InChI is InChI=1S/C11H16FNO3S/c1-17(15,16)11-9(14)6-5-8(10(11)12)4-2-3-7-13/h5-6,14H,2-4,7,13H2,1H3. The molecule has 0 amide bonds. The van der Waals surface area contributed by atoms with Gasteiger partial charge in [-0.2, -0.15) is 0 Å². The molecule has 0 bridgehead atoms. The Kier molecular flexibility index (Phi) is 4.47. The maximum atomic E-state index is 13.9. The predicted molar refractivity (Wildman–Crippen MR) is 63.2 cm³/mol. The molecule has 0 atom stereocenters. The van der Waals surface area contributed by atoms with Crippen LogP contribution >= 0.6 is 0 Å². The summed E-state index contributed by atoms with van der Waals surface area (Å²) in [6, 6.07) is 2.60. The lowest BCUT2D eigenvalue weighted by atomic mass is 10.1. The maximum Gasteiger partial charge on any atom is 0.182 e. The number of rotatable bonds is 5. The number of sulfone groups is 1. The second-order valence-corrected chi connectivity index (χ2v) is 5.86. The number of halogens is 1. The van der Waals surface area contributed by atoms with Crippen LogP contribution < -0.4 is 5.73 Å². The Morgan fingerprint density at radius 3 is 2.53 bits per heavy atom. The van der Waals surface area contributed by atoms with Gasteiger partial charge in [0.2, 0.25) is 0 Å². The SMILES string of the molecule is CS(=O)(=O)c1c(O)ccc(CCCCN)c1F. The molecule has 0 radical (unpaired) electrons. The number of phenolic OH excluding ortho intramolecular Hbond substituents is 1. The molecule has 3 N–H and O–H groups in total. The first-order valence-corrected chi connectivity index (χ1v) is 7.17. The van der Waals surface area contributed by atoms with E-state index in [-0.39, 0.29) is 5.56 Å². The fourth-order valence-electron chi connectivity index (χ4n) is 1.59. The van der Waals surface area contributed by atoms with Crippen LogP contribution in [0.5, 0.6) is 5.75 Å². The number of aromatic hydroxyl groups is 1. The minimum atomic E-state index is -3.77. The Labute approximate surface area is 100 Å². The first-order chi connectivity index (χ1) is 7.88. The predicted octanol–water partition coefficient (Wildman–Crippen LogP) is 1.22. The highest BCUT2D eigenvalue weighted by Gasteiger charge is 2.21. The van der Waals surface area contributed by atoms with Crippen LogP contribution in [0.15, 0.2) is 17.0 Å². The lowest BCUT2D eigenvalue weighted by molar-refractivity contribution is 0.442. The average molecular weight is 261 g/mol. The maximum absolute atomic E-state index is 13.9. The summed E-state index contributed by atoms with van der Waals surface area (Å²) in [6.07, 6.45) is 2.70. The van der Waals surface area contributed by atoms with Gasteiger partial charge in [0.25, 0.3) is 0 Å². The fraction of sp³-hybridized carbons (Fsp3) is 0.455. The molecule has 1 aromatic rings. The van der Waals surface area contributed by atoms with Crippen molar-refractivity contribution in [2.24, 2.45) is 5.73 Å². The van der Waals surface area contributed by atoms with Gasteiger partial charge >= 0.3 is 0 Å². The van der Waals surface area contributed by atoms with Gasteiger partial charge in [-0.25, -0.2) is 12.8 Å². The van der Waals surface area contributed by atoms with Crippen molar-refractivity contribution in [3.63, 3.8) is 0 Å². The number of unbranched alkanes of at least 4 members (excludes halogenated alkanes) is 1. The van der Waals surface area contributed by atoms with Gasteiger partial charge in [0.1, 0.15) is 16.5 Å².